The number of anilines is 1. The first-order valence-corrected chi connectivity index (χ1v) is 12.6. The quantitative estimate of drug-likeness (QED) is 0.675. The van der Waals surface area contributed by atoms with Gasteiger partial charge in [-0.25, -0.2) is 18.4 Å². The molecular weight excluding hydrogens is 410 g/mol. The summed E-state index contributed by atoms with van der Waals surface area (Å²) < 4.78 is 28.3. The molecule has 0 aromatic carbocycles. The number of hydrogen-bond donors (Lipinski definition) is 0. The molecule has 0 saturated carbocycles. The fourth-order valence-electron chi connectivity index (χ4n) is 3.98. The molecule has 11 heteroatoms. The number of piperazine rings is 1. The van der Waals surface area contributed by atoms with Gasteiger partial charge in [-0.3, -0.25) is 4.90 Å². The van der Waals surface area contributed by atoms with E-state index in [0.717, 1.165) is 81.8 Å². The fourth-order valence-corrected chi connectivity index (χ4v) is 5.71. The van der Waals surface area contributed by atoms with Gasteiger partial charge in [0.05, 0.1) is 11.4 Å². The van der Waals surface area contributed by atoms with E-state index in [-0.39, 0.29) is 5.92 Å². The van der Waals surface area contributed by atoms with Crippen LogP contribution in [0.4, 0.5) is 5.95 Å². The Kier molecular flexibility index (Phi) is 6.09. The molecule has 2 aliphatic heterocycles. The average Bonchev–Trinajstić information content (AvgIpc) is 3.20. The van der Waals surface area contributed by atoms with Crippen LogP contribution in [0.1, 0.15) is 30.1 Å². The summed E-state index contributed by atoms with van der Waals surface area (Å²) in [6, 6.07) is 1.97. The number of nitrogens with zero attached hydrogens (tertiary/aromatic N) is 7. The molecule has 29 heavy (non-hydrogen) atoms. The summed E-state index contributed by atoms with van der Waals surface area (Å²) in [5.74, 6) is 0.887. The molecule has 0 spiro atoms. The molecule has 2 aromatic heterocycles. The second-order valence-corrected chi connectivity index (χ2v) is 10.9. The molecule has 9 nitrogen and oxygen atoms in total. The first-order chi connectivity index (χ1) is 13.9. The highest BCUT2D eigenvalue weighted by atomic mass is 32.2. The number of aromatic nitrogens is 4. The van der Waals surface area contributed by atoms with E-state index in [9.17, 15) is 8.42 Å². The summed E-state index contributed by atoms with van der Waals surface area (Å²) in [4.78, 5) is 16.1. The van der Waals surface area contributed by atoms with E-state index in [1.165, 1.54) is 6.26 Å². The highest BCUT2D eigenvalue weighted by molar-refractivity contribution is 7.92. The van der Waals surface area contributed by atoms with Gasteiger partial charge >= 0.3 is 0 Å². The summed E-state index contributed by atoms with van der Waals surface area (Å²) >= 11 is 0.976. The monoisotopic (exact) mass is 437 g/mol. The van der Waals surface area contributed by atoms with Crippen molar-refractivity contribution in [2.75, 3.05) is 57.5 Å². The van der Waals surface area contributed by atoms with Crippen LogP contribution >= 0.6 is 11.5 Å². The molecule has 158 valence electrons. The smallest absolute Gasteiger partial charge is 0.225 e. The molecule has 4 rings (SSSR count). The van der Waals surface area contributed by atoms with E-state index in [4.69, 9.17) is 4.98 Å². The first-order valence-electron chi connectivity index (χ1n) is 9.90. The van der Waals surface area contributed by atoms with Gasteiger partial charge in [0.1, 0.15) is 0 Å². The summed E-state index contributed by atoms with van der Waals surface area (Å²) in [7, 11) is -1.16. The number of rotatable bonds is 5. The van der Waals surface area contributed by atoms with Crippen molar-refractivity contribution in [1.29, 1.82) is 0 Å². The minimum absolute atomic E-state index is 0.0890. The standard InChI is InChI=1S/C18H27N7O2S2/c1-23-8-10-25(11-9-23)18-19-6-5-15(20-18)13-24-7-3-4-14(12-24)16-17(28-22-21-16)29(2,26)27/h5-6,14H,3-4,7-13H2,1-2H3/t14-/m1/s1. The van der Waals surface area contributed by atoms with Gasteiger partial charge in [0, 0.05) is 69.2 Å². The zero-order valence-electron chi connectivity index (χ0n) is 16.9. The van der Waals surface area contributed by atoms with Crippen LogP contribution in [0, 0.1) is 0 Å². The van der Waals surface area contributed by atoms with Crippen LogP contribution in [0.15, 0.2) is 16.5 Å². The Morgan fingerprint density at radius 3 is 2.76 bits per heavy atom. The molecular formula is C18H27N7O2S2. The molecule has 0 amide bonds. The second kappa shape index (κ2) is 8.58. The molecule has 2 aliphatic rings. The van der Waals surface area contributed by atoms with Crippen molar-refractivity contribution in [3.8, 4) is 0 Å². The molecule has 4 heterocycles. The molecule has 0 bridgehead atoms. The van der Waals surface area contributed by atoms with Gasteiger partial charge in [-0.15, -0.1) is 5.10 Å². The number of sulfone groups is 1. The molecule has 0 unspecified atom stereocenters. The molecule has 0 aliphatic carbocycles. The van der Waals surface area contributed by atoms with Crippen molar-refractivity contribution in [1.82, 2.24) is 29.4 Å². The summed E-state index contributed by atoms with van der Waals surface area (Å²) in [6.45, 7) is 6.38. The van der Waals surface area contributed by atoms with Gasteiger partial charge in [-0.1, -0.05) is 4.49 Å². The lowest BCUT2D eigenvalue weighted by atomic mass is 9.95. The van der Waals surface area contributed by atoms with Gasteiger partial charge < -0.3 is 9.80 Å². The Morgan fingerprint density at radius 2 is 2.00 bits per heavy atom. The fraction of sp³-hybridized carbons (Fsp3) is 0.667. The van der Waals surface area contributed by atoms with Gasteiger partial charge in [0.15, 0.2) is 14.0 Å². The second-order valence-electron chi connectivity index (χ2n) is 7.93. The molecule has 2 aromatic rings. The van der Waals surface area contributed by atoms with Crippen LogP contribution in [0.5, 0.6) is 0 Å². The lowest BCUT2D eigenvalue weighted by Gasteiger charge is -2.33. The van der Waals surface area contributed by atoms with Crippen LogP contribution in [0.3, 0.4) is 0 Å². The highest BCUT2D eigenvalue weighted by Crippen LogP contribution is 2.32. The minimum atomic E-state index is -3.29. The van der Waals surface area contributed by atoms with Crippen molar-refractivity contribution < 1.29 is 8.42 Å². The van der Waals surface area contributed by atoms with Crippen LogP contribution in [0.2, 0.25) is 0 Å². The largest absolute Gasteiger partial charge is 0.338 e. The maximum absolute atomic E-state index is 12.0. The van der Waals surface area contributed by atoms with Crippen molar-refractivity contribution in [3.05, 3.63) is 23.7 Å². The predicted octanol–water partition coefficient (Wildman–Crippen LogP) is 0.863. The molecule has 0 N–H and O–H groups in total. The van der Waals surface area contributed by atoms with E-state index < -0.39 is 9.84 Å². The topological polar surface area (TPSA) is 95.4 Å². The third kappa shape index (κ3) is 4.90. The minimum Gasteiger partial charge on any atom is -0.338 e. The van der Waals surface area contributed by atoms with E-state index in [2.05, 4.69) is 36.3 Å². The van der Waals surface area contributed by atoms with Crippen molar-refractivity contribution in [2.45, 2.75) is 29.5 Å². The zero-order valence-corrected chi connectivity index (χ0v) is 18.5. The van der Waals surface area contributed by atoms with Crippen LogP contribution in [-0.2, 0) is 16.4 Å². The van der Waals surface area contributed by atoms with Gasteiger partial charge in [0.2, 0.25) is 5.95 Å². The van der Waals surface area contributed by atoms with Crippen LogP contribution in [-0.4, -0.2) is 90.3 Å². The number of piperidine rings is 1. The Balaban J connectivity index is 1.44. The van der Waals surface area contributed by atoms with E-state index in [0.29, 0.717) is 9.90 Å². The maximum Gasteiger partial charge on any atom is 0.225 e. The molecule has 0 radical (unpaired) electrons. The normalized spacial score (nSPS) is 22.1. The van der Waals surface area contributed by atoms with Crippen molar-refractivity contribution in [3.63, 3.8) is 0 Å². The Morgan fingerprint density at radius 1 is 1.21 bits per heavy atom. The summed E-state index contributed by atoms with van der Waals surface area (Å²) in [6.07, 6.45) is 5.00. The molecule has 2 fully saturated rings. The third-order valence-corrected chi connectivity index (χ3v) is 8.14. The first kappa shape index (κ1) is 20.6. The average molecular weight is 438 g/mol. The van der Waals surface area contributed by atoms with Gasteiger partial charge in [-0.05, 0) is 32.5 Å². The Labute approximate surface area is 175 Å². The van der Waals surface area contributed by atoms with Crippen LogP contribution < -0.4 is 4.90 Å². The summed E-state index contributed by atoms with van der Waals surface area (Å²) in [5.41, 5.74) is 1.62. The van der Waals surface area contributed by atoms with Gasteiger partial charge in [0.25, 0.3) is 0 Å². The number of likely N-dealkylation sites (N-methyl/N-ethyl adjacent to an activating group) is 1. The Hall–Kier alpha value is -1.69. The van der Waals surface area contributed by atoms with Crippen molar-refractivity contribution in [2.24, 2.45) is 0 Å². The molecule has 1 atom stereocenters. The van der Waals surface area contributed by atoms with Gasteiger partial charge in [-0.2, -0.15) is 0 Å². The SMILES string of the molecule is CN1CCN(c2nccc(CN3CCC[C@@H](c4nnsc4S(C)(=O)=O)C3)n2)CC1. The molecule has 2 saturated heterocycles. The lowest BCUT2D eigenvalue weighted by molar-refractivity contribution is 0.195. The number of hydrogen-bond acceptors (Lipinski definition) is 10. The van der Waals surface area contributed by atoms with E-state index >= 15 is 0 Å². The number of likely N-dealkylation sites (tertiary alicyclic amines) is 1. The summed E-state index contributed by atoms with van der Waals surface area (Å²) in [5, 5.41) is 4.16. The lowest BCUT2D eigenvalue weighted by Crippen LogP contribution is -2.45. The highest BCUT2D eigenvalue weighted by Gasteiger charge is 2.29. The predicted molar refractivity (Wildman–Crippen MR) is 112 cm³/mol. The van der Waals surface area contributed by atoms with E-state index in [1.807, 2.05) is 12.3 Å². The Bertz CT molecular complexity index is 941. The van der Waals surface area contributed by atoms with Crippen molar-refractivity contribution >= 4 is 27.3 Å². The third-order valence-electron chi connectivity index (χ3n) is 5.58. The maximum atomic E-state index is 12.0. The zero-order chi connectivity index (χ0) is 20.4. The van der Waals surface area contributed by atoms with Crippen LogP contribution in [0.25, 0.3) is 0 Å². The van der Waals surface area contributed by atoms with E-state index in [1.54, 1.807) is 0 Å².